The highest BCUT2D eigenvalue weighted by molar-refractivity contribution is 5.81. The molecule has 1 fully saturated rings. The number of nitriles is 1. The molecule has 5 nitrogen and oxygen atoms in total. The topological polar surface area (TPSA) is 90.2 Å². The Morgan fingerprint density at radius 1 is 1.29 bits per heavy atom. The molecule has 0 spiro atoms. The number of carboxylic acid groups (broad SMARTS) is 1. The number of hydrogen-bond donors (Lipinski definition) is 2. The molecule has 1 aliphatic carbocycles. The molecule has 3 atom stereocenters. The lowest BCUT2D eigenvalue weighted by atomic mass is 10.0. The van der Waals surface area contributed by atoms with E-state index in [4.69, 9.17) is 10.4 Å². The molecule has 1 saturated carbocycles. The Balaban J connectivity index is 1.93. The van der Waals surface area contributed by atoms with E-state index in [2.05, 4.69) is 11.4 Å². The van der Waals surface area contributed by atoms with Crippen molar-refractivity contribution in [2.45, 2.75) is 32.2 Å². The van der Waals surface area contributed by atoms with Crippen LogP contribution in [-0.2, 0) is 9.59 Å². The Morgan fingerprint density at radius 3 is 2.43 bits per heavy atom. The van der Waals surface area contributed by atoms with Crippen molar-refractivity contribution in [2.75, 3.05) is 0 Å². The van der Waals surface area contributed by atoms with Crippen LogP contribution in [0.4, 0.5) is 0 Å². The van der Waals surface area contributed by atoms with Crippen LogP contribution in [0.25, 0.3) is 0 Å². The van der Waals surface area contributed by atoms with Crippen LogP contribution in [0.2, 0.25) is 0 Å². The largest absolute Gasteiger partial charge is 0.481 e. The Labute approximate surface area is 123 Å². The van der Waals surface area contributed by atoms with Crippen molar-refractivity contribution in [1.82, 2.24) is 5.32 Å². The first kappa shape index (κ1) is 15.0. The number of amides is 1. The van der Waals surface area contributed by atoms with E-state index in [1.165, 1.54) is 0 Å². The van der Waals surface area contributed by atoms with Gasteiger partial charge in [0.05, 0.1) is 23.6 Å². The molecule has 2 N–H and O–H groups in total. The van der Waals surface area contributed by atoms with E-state index in [1.54, 1.807) is 12.1 Å². The normalized spacial score (nSPS) is 22.3. The van der Waals surface area contributed by atoms with Gasteiger partial charge in [0.2, 0.25) is 5.91 Å². The fourth-order valence-corrected chi connectivity index (χ4v) is 2.70. The van der Waals surface area contributed by atoms with Crippen molar-refractivity contribution < 1.29 is 14.7 Å². The molecule has 0 heterocycles. The van der Waals surface area contributed by atoms with Gasteiger partial charge in [0.15, 0.2) is 0 Å². The zero-order valence-corrected chi connectivity index (χ0v) is 11.9. The van der Waals surface area contributed by atoms with E-state index >= 15 is 0 Å². The molecule has 21 heavy (non-hydrogen) atoms. The van der Waals surface area contributed by atoms with Gasteiger partial charge in [-0.05, 0) is 43.9 Å². The number of nitrogens with one attached hydrogen (secondary N) is 1. The van der Waals surface area contributed by atoms with Crippen molar-refractivity contribution in [2.24, 2.45) is 11.8 Å². The molecule has 1 amide bonds. The smallest absolute Gasteiger partial charge is 0.306 e. The highest BCUT2D eigenvalue weighted by Gasteiger charge is 2.34. The van der Waals surface area contributed by atoms with E-state index in [0.717, 1.165) is 5.56 Å². The predicted octanol–water partition coefficient (Wildman–Crippen LogP) is 2.24. The van der Waals surface area contributed by atoms with Crippen molar-refractivity contribution in [3.8, 4) is 6.07 Å². The van der Waals surface area contributed by atoms with E-state index in [9.17, 15) is 9.59 Å². The van der Waals surface area contributed by atoms with Crippen molar-refractivity contribution in [1.29, 1.82) is 5.26 Å². The first-order valence-corrected chi connectivity index (χ1v) is 7.04. The second-order valence-corrected chi connectivity index (χ2v) is 5.51. The van der Waals surface area contributed by atoms with Crippen LogP contribution in [0.3, 0.4) is 0 Å². The van der Waals surface area contributed by atoms with Crippen LogP contribution in [0, 0.1) is 23.2 Å². The molecule has 0 aromatic heterocycles. The third kappa shape index (κ3) is 3.60. The second-order valence-electron chi connectivity index (χ2n) is 5.51. The minimum atomic E-state index is -0.814. The molecule has 0 aliphatic heterocycles. The molecule has 0 saturated heterocycles. The average Bonchev–Trinajstić information content (AvgIpc) is 2.97. The number of carbonyl (C=O) groups is 2. The van der Waals surface area contributed by atoms with Gasteiger partial charge < -0.3 is 10.4 Å². The van der Waals surface area contributed by atoms with Gasteiger partial charge in [-0.2, -0.15) is 5.26 Å². The van der Waals surface area contributed by atoms with Crippen LogP contribution in [-0.4, -0.2) is 17.0 Å². The molecule has 2 rings (SSSR count). The van der Waals surface area contributed by atoms with Gasteiger partial charge in [-0.1, -0.05) is 12.1 Å². The van der Waals surface area contributed by atoms with Gasteiger partial charge in [0.1, 0.15) is 0 Å². The summed E-state index contributed by atoms with van der Waals surface area (Å²) < 4.78 is 0. The highest BCUT2D eigenvalue weighted by Crippen LogP contribution is 2.31. The zero-order chi connectivity index (χ0) is 15.4. The molecule has 5 heteroatoms. The molecule has 110 valence electrons. The molecule has 1 aromatic carbocycles. The summed E-state index contributed by atoms with van der Waals surface area (Å²) in [6.07, 6.45) is 1.61. The maximum Gasteiger partial charge on any atom is 0.306 e. The Morgan fingerprint density at radius 2 is 1.90 bits per heavy atom. The maximum absolute atomic E-state index is 12.2. The molecule has 0 bridgehead atoms. The first-order valence-electron chi connectivity index (χ1n) is 7.04. The number of rotatable bonds is 4. The lowest BCUT2D eigenvalue weighted by Gasteiger charge is -2.17. The fraction of sp³-hybridized carbons (Fsp3) is 0.438. The van der Waals surface area contributed by atoms with Crippen LogP contribution < -0.4 is 5.32 Å². The predicted molar refractivity (Wildman–Crippen MR) is 76.2 cm³/mol. The van der Waals surface area contributed by atoms with Crippen LogP contribution in [0.5, 0.6) is 0 Å². The third-order valence-electron chi connectivity index (χ3n) is 4.05. The monoisotopic (exact) mass is 286 g/mol. The number of benzene rings is 1. The van der Waals surface area contributed by atoms with Crippen molar-refractivity contribution in [3.05, 3.63) is 35.4 Å². The van der Waals surface area contributed by atoms with Crippen LogP contribution in [0.15, 0.2) is 24.3 Å². The van der Waals surface area contributed by atoms with Gasteiger partial charge in [0, 0.05) is 5.92 Å². The summed E-state index contributed by atoms with van der Waals surface area (Å²) in [5.41, 5.74) is 1.51. The lowest BCUT2D eigenvalue weighted by molar-refractivity contribution is -0.141. The van der Waals surface area contributed by atoms with E-state index in [-0.39, 0.29) is 17.9 Å². The molecular formula is C16H18N2O3. The maximum atomic E-state index is 12.2. The summed E-state index contributed by atoms with van der Waals surface area (Å²) in [5.74, 6) is -1.51. The average molecular weight is 286 g/mol. The molecule has 0 radical (unpaired) electrons. The fourth-order valence-electron chi connectivity index (χ4n) is 2.70. The Hall–Kier alpha value is -2.35. The summed E-state index contributed by atoms with van der Waals surface area (Å²) >= 11 is 0. The summed E-state index contributed by atoms with van der Waals surface area (Å²) in [4.78, 5) is 23.1. The molecule has 1 aliphatic rings. The SMILES string of the molecule is CC(NC(=O)[C@@H]1CC[C@H](C(=O)O)C1)c1ccc(C#N)cc1. The number of nitrogens with zero attached hydrogens (tertiary/aromatic N) is 1. The quantitative estimate of drug-likeness (QED) is 0.888. The Bertz CT molecular complexity index is 574. The summed E-state index contributed by atoms with van der Waals surface area (Å²) in [7, 11) is 0. The van der Waals surface area contributed by atoms with Crippen LogP contribution in [0.1, 0.15) is 43.4 Å². The van der Waals surface area contributed by atoms with E-state index in [1.807, 2.05) is 19.1 Å². The zero-order valence-electron chi connectivity index (χ0n) is 11.9. The van der Waals surface area contributed by atoms with Crippen LogP contribution >= 0.6 is 0 Å². The first-order chi connectivity index (χ1) is 10.0. The van der Waals surface area contributed by atoms with Gasteiger partial charge in [-0.25, -0.2) is 0 Å². The molecular weight excluding hydrogens is 268 g/mol. The van der Waals surface area contributed by atoms with Crippen molar-refractivity contribution >= 4 is 11.9 Å². The number of aliphatic carboxylic acids is 1. The standard InChI is InChI=1S/C16H18N2O3/c1-10(12-4-2-11(9-17)3-5-12)18-15(19)13-6-7-14(8-13)16(20)21/h2-5,10,13-14H,6-8H2,1H3,(H,18,19)(H,20,21)/t10?,13-,14+/m1/s1. The summed E-state index contributed by atoms with van der Waals surface area (Å²) in [6.45, 7) is 1.88. The van der Waals surface area contributed by atoms with Gasteiger partial charge in [-0.3, -0.25) is 9.59 Å². The van der Waals surface area contributed by atoms with Gasteiger partial charge >= 0.3 is 5.97 Å². The summed E-state index contributed by atoms with van der Waals surface area (Å²) in [6, 6.07) is 8.96. The minimum absolute atomic E-state index is 0.0874. The number of carbonyl (C=O) groups excluding carboxylic acids is 1. The number of carboxylic acids is 1. The van der Waals surface area contributed by atoms with Crippen molar-refractivity contribution in [3.63, 3.8) is 0 Å². The Kier molecular flexibility index (Phi) is 4.59. The van der Waals surface area contributed by atoms with E-state index < -0.39 is 11.9 Å². The van der Waals surface area contributed by atoms with Gasteiger partial charge in [-0.15, -0.1) is 0 Å². The van der Waals surface area contributed by atoms with E-state index in [0.29, 0.717) is 24.8 Å². The summed E-state index contributed by atoms with van der Waals surface area (Å²) in [5, 5.41) is 20.6. The minimum Gasteiger partial charge on any atom is -0.481 e. The highest BCUT2D eigenvalue weighted by atomic mass is 16.4. The molecule has 1 unspecified atom stereocenters. The number of hydrogen-bond acceptors (Lipinski definition) is 3. The molecule has 1 aromatic rings. The van der Waals surface area contributed by atoms with Gasteiger partial charge in [0.25, 0.3) is 0 Å². The lowest BCUT2D eigenvalue weighted by Crippen LogP contribution is -2.32. The second kappa shape index (κ2) is 6.40. The third-order valence-corrected chi connectivity index (χ3v) is 4.05.